The van der Waals surface area contributed by atoms with Gasteiger partial charge in [-0.25, -0.2) is 0 Å². The third-order valence-electron chi connectivity index (χ3n) is 2.55. The van der Waals surface area contributed by atoms with Crippen LogP contribution in [0.5, 0.6) is 0 Å². The van der Waals surface area contributed by atoms with E-state index in [2.05, 4.69) is 18.3 Å². The molecular formula is C10H16N2O. The first-order valence-corrected chi connectivity index (χ1v) is 4.76. The van der Waals surface area contributed by atoms with Crippen LogP contribution in [0, 0.1) is 29.1 Å². The minimum absolute atomic E-state index is 0.0488. The number of rotatable bonds is 3. The molecule has 0 heterocycles. The molecule has 1 aliphatic rings. The Morgan fingerprint density at radius 1 is 1.62 bits per heavy atom. The Morgan fingerprint density at radius 2 is 2.15 bits per heavy atom. The first-order valence-electron chi connectivity index (χ1n) is 4.76. The lowest BCUT2D eigenvalue weighted by molar-refractivity contribution is -0.123. The van der Waals surface area contributed by atoms with Crippen LogP contribution in [-0.4, -0.2) is 11.9 Å². The van der Waals surface area contributed by atoms with Crippen LogP contribution in [-0.2, 0) is 4.79 Å². The molecule has 3 unspecified atom stereocenters. The number of carbonyl (C=O) groups is 1. The van der Waals surface area contributed by atoms with E-state index >= 15 is 0 Å². The summed E-state index contributed by atoms with van der Waals surface area (Å²) in [5.41, 5.74) is 0. The van der Waals surface area contributed by atoms with Crippen molar-refractivity contribution in [2.75, 3.05) is 0 Å². The predicted molar refractivity (Wildman–Crippen MR) is 49.7 cm³/mol. The summed E-state index contributed by atoms with van der Waals surface area (Å²) in [5.74, 6) is 0.900. The SMILES string of the molecule is CC(C)C(C#N)NC(=O)C1CC1C. The molecule has 1 amide bonds. The van der Waals surface area contributed by atoms with Crippen LogP contribution in [0.3, 0.4) is 0 Å². The summed E-state index contributed by atoms with van der Waals surface area (Å²) in [4.78, 5) is 11.4. The lowest BCUT2D eigenvalue weighted by Gasteiger charge is -2.14. The minimum atomic E-state index is -0.333. The number of nitriles is 1. The van der Waals surface area contributed by atoms with Gasteiger partial charge in [-0.1, -0.05) is 20.8 Å². The zero-order valence-electron chi connectivity index (χ0n) is 8.37. The first kappa shape index (κ1) is 10.0. The standard InChI is InChI=1S/C10H16N2O/c1-6(2)9(5-11)12-10(13)8-4-7(8)3/h6-9H,4H2,1-3H3,(H,12,13). The molecule has 1 rings (SSSR count). The topological polar surface area (TPSA) is 52.9 Å². The normalized spacial score (nSPS) is 27.9. The van der Waals surface area contributed by atoms with Crippen molar-refractivity contribution in [3.05, 3.63) is 0 Å². The van der Waals surface area contributed by atoms with Gasteiger partial charge in [0, 0.05) is 5.92 Å². The molecule has 0 aromatic carbocycles. The molecule has 0 aromatic rings. The number of carbonyl (C=O) groups excluding carboxylic acids is 1. The summed E-state index contributed by atoms with van der Waals surface area (Å²) >= 11 is 0. The van der Waals surface area contributed by atoms with Gasteiger partial charge < -0.3 is 5.32 Å². The van der Waals surface area contributed by atoms with Gasteiger partial charge in [-0.3, -0.25) is 4.79 Å². The molecule has 1 fully saturated rings. The highest BCUT2D eigenvalue weighted by Crippen LogP contribution is 2.37. The Hall–Kier alpha value is -1.04. The van der Waals surface area contributed by atoms with E-state index in [4.69, 9.17) is 5.26 Å². The van der Waals surface area contributed by atoms with E-state index in [0.29, 0.717) is 5.92 Å². The molecule has 0 bridgehead atoms. The lowest BCUT2D eigenvalue weighted by Crippen LogP contribution is -2.38. The molecule has 0 spiro atoms. The summed E-state index contributed by atoms with van der Waals surface area (Å²) in [7, 11) is 0. The molecule has 0 aliphatic heterocycles. The fraction of sp³-hybridized carbons (Fsp3) is 0.800. The van der Waals surface area contributed by atoms with Gasteiger partial charge in [-0.2, -0.15) is 5.26 Å². The van der Waals surface area contributed by atoms with Gasteiger partial charge in [0.05, 0.1) is 6.07 Å². The fourth-order valence-electron chi connectivity index (χ4n) is 1.30. The molecule has 1 saturated carbocycles. The van der Waals surface area contributed by atoms with E-state index in [9.17, 15) is 4.79 Å². The second-order valence-electron chi connectivity index (χ2n) is 4.18. The van der Waals surface area contributed by atoms with Gasteiger partial charge in [-0.15, -0.1) is 0 Å². The molecule has 3 atom stereocenters. The van der Waals surface area contributed by atoms with Gasteiger partial charge in [0.2, 0.25) is 5.91 Å². The smallest absolute Gasteiger partial charge is 0.224 e. The number of nitrogens with one attached hydrogen (secondary N) is 1. The van der Waals surface area contributed by atoms with Crippen molar-refractivity contribution in [3.8, 4) is 6.07 Å². The van der Waals surface area contributed by atoms with Gasteiger partial charge in [0.1, 0.15) is 6.04 Å². The maximum atomic E-state index is 11.4. The van der Waals surface area contributed by atoms with Crippen molar-refractivity contribution < 1.29 is 4.79 Å². The maximum Gasteiger partial charge on any atom is 0.224 e. The third-order valence-corrected chi connectivity index (χ3v) is 2.55. The summed E-state index contributed by atoms with van der Waals surface area (Å²) < 4.78 is 0. The maximum absolute atomic E-state index is 11.4. The molecule has 0 radical (unpaired) electrons. The van der Waals surface area contributed by atoms with Gasteiger partial charge in [0.25, 0.3) is 0 Å². The predicted octanol–water partition coefficient (Wildman–Crippen LogP) is 1.31. The summed E-state index contributed by atoms with van der Waals surface area (Å²) in [6.45, 7) is 5.93. The van der Waals surface area contributed by atoms with Crippen LogP contribution < -0.4 is 5.32 Å². The molecular weight excluding hydrogens is 164 g/mol. The van der Waals surface area contributed by atoms with Crippen molar-refractivity contribution in [2.45, 2.75) is 33.2 Å². The average molecular weight is 180 g/mol. The Balaban J connectivity index is 2.39. The third kappa shape index (κ3) is 2.45. The van der Waals surface area contributed by atoms with Crippen molar-refractivity contribution in [1.82, 2.24) is 5.32 Å². The molecule has 1 aliphatic carbocycles. The number of amides is 1. The quantitative estimate of drug-likeness (QED) is 0.711. The van der Waals surface area contributed by atoms with E-state index in [0.717, 1.165) is 6.42 Å². The van der Waals surface area contributed by atoms with Crippen molar-refractivity contribution in [1.29, 1.82) is 5.26 Å². The van der Waals surface area contributed by atoms with Crippen molar-refractivity contribution in [3.63, 3.8) is 0 Å². The van der Waals surface area contributed by atoms with Crippen LogP contribution >= 0.6 is 0 Å². The Labute approximate surface area is 79.1 Å². The van der Waals surface area contributed by atoms with Gasteiger partial charge >= 0.3 is 0 Å². The highest BCUT2D eigenvalue weighted by atomic mass is 16.2. The molecule has 13 heavy (non-hydrogen) atoms. The Kier molecular flexibility index (Phi) is 2.92. The van der Waals surface area contributed by atoms with E-state index in [-0.39, 0.29) is 23.8 Å². The highest BCUT2D eigenvalue weighted by molar-refractivity contribution is 5.82. The van der Waals surface area contributed by atoms with Crippen molar-refractivity contribution in [2.24, 2.45) is 17.8 Å². The number of nitrogens with zero attached hydrogens (tertiary/aromatic N) is 1. The lowest BCUT2D eigenvalue weighted by atomic mass is 10.1. The van der Waals surface area contributed by atoms with Crippen LogP contribution in [0.15, 0.2) is 0 Å². The van der Waals surface area contributed by atoms with Crippen LogP contribution in [0.25, 0.3) is 0 Å². The zero-order valence-corrected chi connectivity index (χ0v) is 8.37. The molecule has 0 aromatic heterocycles. The monoisotopic (exact) mass is 180 g/mol. The highest BCUT2D eigenvalue weighted by Gasteiger charge is 2.39. The second-order valence-corrected chi connectivity index (χ2v) is 4.18. The molecule has 0 saturated heterocycles. The zero-order chi connectivity index (χ0) is 10.0. The molecule has 3 nitrogen and oxygen atoms in total. The summed E-state index contributed by atoms with van der Waals surface area (Å²) in [6.07, 6.45) is 0.974. The summed E-state index contributed by atoms with van der Waals surface area (Å²) in [6, 6.07) is 1.76. The second kappa shape index (κ2) is 3.78. The van der Waals surface area contributed by atoms with Gasteiger partial charge in [0.15, 0.2) is 0 Å². The Bertz CT molecular complexity index is 242. The van der Waals surface area contributed by atoms with E-state index in [1.165, 1.54) is 0 Å². The minimum Gasteiger partial charge on any atom is -0.340 e. The molecule has 1 N–H and O–H groups in total. The van der Waals surface area contributed by atoms with Crippen LogP contribution in [0.4, 0.5) is 0 Å². The number of hydrogen-bond donors (Lipinski definition) is 1. The van der Waals surface area contributed by atoms with Crippen molar-refractivity contribution >= 4 is 5.91 Å². The van der Waals surface area contributed by atoms with Crippen LogP contribution in [0.2, 0.25) is 0 Å². The fourth-order valence-corrected chi connectivity index (χ4v) is 1.30. The van der Waals surface area contributed by atoms with Gasteiger partial charge in [-0.05, 0) is 18.3 Å². The van der Waals surface area contributed by atoms with E-state index < -0.39 is 0 Å². The summed E-state index contributed by atoms with van der Waals surface area (Å²) in [5, 5.41) is 11.5. The van der Waals surface area contributed by atoms with E-state index in [1.807, 2.05) is 13.8 Å². The van der Waals surface area contributed by atoms with Crippen LogP contribution in [0.1, 0.15) is 27.2 Å². The molecule has 3 heteroatoms. The first-order chi connectivity index (χ1) is 6.06. The average Bonchev–Trinajstić information content (AvgIpc) is 2.77. The number of hydrogen-bond acceptors (Lipinski definition) is 2. The molecule has 72 valence electrons. The van der Waals surface area contributed by atoms with E-state index in [1.54, 1.807) is 0 Å². The Morgan fingerprint density at radius 3 is 2.46 bits per heavy atom. The largest absolute Gasteiger partial charge is 0.340 e.